The van der Waals surface area contributed by atoms with Gasteiger partial charge in [0.05, 0.1) is 17.6 Å². The minimum atomic E-state index is -0.623. The third kappa shape index (κ3) is 3.38. The van der Waals surface area contributed by atoms with Gasteiger partial charge in [-0.25, -0.2) is 4.79 Å². The summed E-state index contributed by atoms with van der Waals surface area (Å²) in [6.45, 7) is 3.89. The Hall–Kier alpha value is -3.20. The largest absolute Gasteiger partial charge is 0.482 e. The topological polar surface area (TPSA) is 101 Å². The first kappa shape index (κ1) is 19.1. The number of ether oxygens (including phenoxy) is 1. The van der Waals surface area contributed by atoms with Gasteiger partial charge in [-0.2, -0.15) is 0 Å². The minimum absolute atomic E-state index is 0.0366. The predicted octanol–water partition coefficient (Wildman–Crippen LogP) is 2.08. The summed E-state index contributed by atoms with van der Waals surface area (Å²) in [7, 11) is 0. The van der Waals surface area contributed by atoms with Crippen LogP contribution in [0.2, 0.25) is 0 Å². The van der Waals surface area contributed by atoms with Gasteiger partial charge in [-0.05, 0) is 37.6 Å². The number of nitrogens with zero attached hydrogens (tertiary/aromatic N) is 2. The number of nitrogens with one attached hydrogen (secondary N) is 1. The number of rotatable bonds is 5. The second-order valence-corrected chi connectivity index (χ2v) is 8.12. The van der Waals surface area contributed by atoms with Gasteiger partial charge in [-0.1, -0.05) is 6.92 Å². The van der Waals surface area contributed by atoms with Crippen LogP contribution in [0.5, 0.6) is 5.75 Å². The summed E-state index contributed by atoms with van der Waals surface area (Å²) < 4.78 is 6.35. The smallest absolute Gasteiger partial charge is 0.329 e. The van der Waals surface area contributed by atoms with Crippen molar-refractivity contribution < 1.29 is 14.3 Å². The van der Waals surface area contributed by atoms with Crippen LogP contribution in [-0.2, 0) is 11.3 Å². The summed E-state index contributed by atoms with van der Waals surface area (Å²) in [4.78, 5) is 55.6. The van der Waals surface area contributed by atoms with Crippen LogP contribution in [-0.4, -0.2) is 34.4 Å². The van der Waals surface area contributed by atoms with Crippen LogP contribution in [0.15, 0.2) is 33.9 Å². The first-order chi connectivity index (χ1) is 13.9. The van der Waals surface area contributed by atoms with Gasteiger partial charge in [0, 0.05) is 17.0 Å². The van der Waals surface area contributed by atoms with Crippen molar-refractivity contribution in [3.8, 4) is 5.75 Å². The molecule has 0 saturated heterocycles. The average Bonchev–Trinajstić information content (AvgIpc) is 3.07. The zero-order valence-electron chi connectivity index (χ0n) is 16.0. The highest BCUT2D eigenvalue weighted by atomic mass is 32.1. The van der Waals surface area contributed by atoms with E-state index in [-0.39, 0.29) is 19.1 Å². The fourth-order valence-corrected chi connectivity index (χ4v) is 4.28. The maximum atomic E-state index is 12.8. The Bertz CT molecular complexity index is 1250. The van der Waals surface area contributed by atoms with Gasteiger partial charge < -0.3 is 9.64 Å². The number of hydrogen-bond acceptors (Lipinski definition) is 6. The molecule has 0 fully saturated rings. The molecule has 9 heteroatoms. The van der Waals surface area contributed by atoms with Crippen molar-refractivity contribution in [2.24, 2.45) is 0 Å². The zero-order valence-corrected chi connectivity index (χ0v) is 16.8. The van der Waals surface area contributed by atoms with E-state index < -0.39 is 17.0 Å². The fourth-order valence-electron chi connectivity index (χ4n) is 3.39. The number of hydrogen-bond donors (Lipinski definition) is 1. The quantitative estimate of drug-likeness (QED) is 0.646. The van der Waals surface area contributed by atoms with Crippen molar-refractivity contribution in [1.29, 1.82) is 0 Å². The summed E-state index contributed by atoms with van der Waals surface area (Å²) in [5.41, 5.74) is -0.289. The Labute approximate surface area is 169 Å². The molecule has 1 aromatic carbocycles. The molecule has 8 nitrogen and oxygen atoms in total. The molecular weight excluding hydrogens is 394 g/mol. The average molecular weight is 413 g/mol. The normalized spacial score (nSPS) is 13.4. The van der Waals surface area contributed by atoms with Gasteiger partial charge in [0.2, 0.25) is 0 Å². The van der Waals surface area contributed by atoms with E-state index in [9.17, 15) is 19.2 Å². The monoisotopic (exact) mass is 413 g/mol. The molecule has 0 bridgehead atoms. The molecule has 0 unspecified atom stereocenters. The lowest BCUT2D eigenvalue weighted by Gasteiger charge is -2.29. The molecule has 150 valence electrons. The highest BCUT2D eigenvalue weighted by Gasteiger charge is 2.26. The zero-order chi connectivity index (χ0) is 20.7. The third-order valence-electron chi connectivity index (χ3n) is 4.77. The second kappa shape index (κ2) is 7.32. The van der Waals surface area contributed by atoms with Crippen molar-refractivity contribution in [3.05, 3.63) is 55.5 Å². The summed E-state index contributed by atoms with van der Waals surface area (Å²) >= 11 is 1.32. The molecule has 1 N–H and O–H groups in total. The summed E-state index contributed by atoms with van der Waals surface area (Å²) in [6.07, 6.45) is 0.758. The van der Waals surface area contributed by atoms with Crippen molar-refractivity contribution in [3.63, 3.8) is 0 Å². The molecule has 3 heterocycles. The lowest BCUT2D eigenvalue weighted by Crippen LogP contribution is -2.39. The third-order valence-corrected chi connectivity index (χ3v) is 5.74. The van der Waals surface area contributed by atoms with Crippen molar-refractivity contribution in [2.45, 2.75) is 26.8 Å². The standard InChI is InChI=1S/C20H19N3O5S/c1-3-6-22-14-8-12(4-5-16(14)28-10-17(22)25)15(24)9-23-19(26)13-7-11(2)29-18(13)21-20(23)27/h4-5,7-8H,3,6,9-10H2,1-2H3,(H,21,27). The molecule has 1 amide bonds. The molecule has 2 aromatic heterocycles. The molecule has 1 aliphatic rings. The van der Waals surface area contributed by atoms with E-state index in [1.54, 1.807) is 29.2 Å². The van der Waals surface area contributed by atoms with Gasteiger partial charge in [0.25, 0.3) is 11.5 Å². The Morgan fingerprint density at radius 2 is 2.03 bits per heavy atom. The Morgan fingerprint density at radius 1 is 1.24 bits per heavy atom. The number of carbonyl (C=O) groups excluding carboxylic acids is 2. The number of fused-ring (bicyclic) bond motifs is 2. The van der Waals surface area contributed by atoms with E-state index >= 15 is 0 Å². The van der Waals surface area contributed by atoms with E-state index in [0.717, 1.165) is 15.9 Å². The maximum absolute atomic E-state index is 12.8. The van der Waals surface area contributed by atoms with E-state index in [2.05, 4.69) is 4.98 Å². The van der Waals surface area contributed by atoms with Gasteiger partial charge in [-0.3, -0.25) is 23.9 Å². The van der Waals surface area contributed by atoms with E-state index in [4.69, 9.17) is 4.74 Å². The molecular formula is C20H19N3O5S. The summed E-state index contributed by atoms with van der Waals surface area (Å²) in [6, 6.07) is 6.49. The number of aromatic nitrogens is 2. The van der Waals surface area contributed by atoms with Crippen LogP contribution in [0.4, 0.5) is 5.69 Å². The van der Waals surface area contributed by atoms with Crippen LogP contribution < -0.4 is 20.9 Å². The van der Waals surface area contributed by atoms with Crippen LogP contribution in [0.3, 0.4) is 0 Å². The first-order valence-corrected chi connectivity index (χ1v) is 10.0. The number of anilines is 1. The molecule has 0 saturated carbocycles. The van der Waals surface area contributed by atoms with E-state index in [1.165, 1.54) is 11.3 Å². The molecule has 0 radical (unpaired) electrons. The van der Waals surface area contributed by atoms with Gasteiger partial charge in [0.15, 0.2) is 12.4 Å². The van der Waals surface area contributed by atoms with E-state index in [1.807, 2.05) is 13.8 Å². The van der Waals surface area contributed by atoms with Crippen LogP contribution in [0.1, 0.15) is 28.6 Å². The SMILES string of the molecule is CCCN1C(=O)COc2ccc(C(=O)Cn3c(=O)[nH]c4sc(C)cc4c3=O)cc21. The number of Topliss-reactive ketones (excluding diaryl/α,β-unsaturated/α-hetero) is 1. The fraction of sp³-hybridized carbons (Fsp3) is 0.300. The number of ketones is 1. The molecule has 4 rings (SSSR count). The Balaban J connectivity index is 1.70. The maximum Gasteiger partial charge on any atom is 0.329 e. The van der Waals surface area contributed by atoms with Crippen LogP contribution in [0.25, 0.3) is 10.2 Å². The summed E-state index contributed by atoms with van der Waals surface area (Å²) in [5, 5.41) is 0.387. The first-order valence-electron chi connectivity index (χ1n) is 9.22. The lowest BCUT2D eigenvalue weighted by molar-refractivity contribution is -0.121. The number of aryl methyl sites for hydroxylation is 1. The van der Waals surface area contributed by atoms with Crippen LogP contribution in [0, 0.1) is 6.92 Å². The number of amides is 1. The van der Waals surface area contributed by atoms with Crippen molar-refractivity contribution >= 4 is 38.9 Å². The Kier molecular flexibility index (Phi) is 4.83. The number of thiophene rings is 1. The van der Waals surface area contributed by atoms with Crippen molar-refractivity contribution in [1.82, 2.24) is 9.55 Å². The molecule has 1 aliphatic heterocycles. The van der Waals surface area contributed by atoms with E-state index in [0.29, 0.717) is 33.8 Å². The highest BCUT2D eigenvalue weighted by molar-refractivity contribution is 7.18. The number of benzene rings is 1. The number of aromatic amines is 1. The molecule has 3 aromatic rings. The van der Waals surface area contributed by atoms with Gasteiger partial charge in [-0.15, -0.1) is 11.3 Å². The minimum Gasteiger partial charge on any atom is -0.482 e. The van der Waals surface area contributed by atoms with Crippen LogP contribution >= 0.6 is 11.3 Å². The van der Waals surface area contributed by atoms with Gasteiger partial charge >= 0.3 is 5.69 Å². The number of carbonyl (C=O) groups is 2. The molecule has 0 aliphatic carbocycles. The second-order valence-electron chi connectivity index (χ2n) is 6.86. The molecule has 0 spiro atoms. The van der Waals surface area contributed by atoms with Gasteiger partial charge in [0.1, 0.15) is 10.6 Å². The van der Waals surface area contributed by atoms with Crippen molar-refractivity contribution in [2.75, 3.05) is 18.1 Å². The predicted molar refractivity (Wildman–Crippen MR) is 110 cm³/mol. The summed E-state index contributed by atoms with van der Waals surface area (Å²) in [5.74, 6) is -0.0455. The molecule has 0 atom stereocenters. The number of H-pyrrole nitrogens is 1. The Morgan fingerprint density at radius 3 is 2.79 bits per heavy atom. The highest BCUT2D eigenvalue weighted by Crippen LogP contribution is 2.33. The molecule has 29 heavy (non-hydrogen) atoms. The lowest BCUT2D eigenvalue weighted by atomic mass is 10.1.